The van der Waals surface area contributed by atoms with Gasteiger partial charge in [-0.1, -0.05) is 6.07 Å². The number of rotatable bonds is 4. The number of thiophene rings is 1. The molecule has 0 spiro atoms. The maximum absolute atomic E-state index is 6.23. The second-order valence-electron chi connectivity index (χ2n) is 6.20. The highest BCUT2D eigenvalue weighted by atomic mass is 35.5. The fourth-order valence-corrected chi connectivity index (χ4v) is 4.67. The number of methoxy groups -OCH3 is 2. The van der Waals surface area contributed by atoms with Gasteiger partial charge in [-0.2, -0.15) is 4.98 Å². The monoisotopic (exact) mass is 405 g/mol. The van der Waals surface area contributed by atoms with Crippen molar-refractivity contribution in [2.24, 2.45) is 0 Å². The molecule has 2 aromatic heterocycles. The van der Waals surface area contributed by atoms with Crippen LogP contribution < -0.4 is 14.4 Å². The van der Waals surface area contributed by atoms with Crippen LogP contribution in [0.3, 0.4) is 0 Å². The summed E-state index contributed by atoms with van der Waals surface area (Å²) in [6.45, 7) is 5.01. The number of morpholine rings is 1. The Bertz CT molecular complexity index is 986. The van der Waals surface area contributed by atoms with Crippen molar-refractivity contribution >= 4 is 39.0 Å². The number of anilines is 1. The highest BCUT2D eigenvalue weighted by Crippen LogP contribution is 2.44. The van der Waals surface area contributed by atoms with Crippen molar-refractivity contribution < 1.29 is 14.2 Å². The van der Waals surface area contributed by atoms with E-state index >= 15 is 0 Å². The Morgan fingerprint density at radius 2 is 1.85 bits per heavy atom. The average molecular weight is 406 g/mol. The van der Waals surface area contributed by atoms with Crippen molar-refractivity contribution in [3.8, 4) is 22.6 Å². The Balaban J connectivity index is 1.94. The molecule has 4 rings (SSSR count). The molecule has 0 N–H and O–H groups in total. The van der Waals surface area contributed by atoms with Crippen molar-refractivity contribution in [3.63, 3.8) is 0 Å². The molecule has 0 unspecified atom stereocenters. The van der Waals surface area contributed by atoms with E-state index < -0.39 is 0 Å². The first kappa shape index (κ1) is 18.3. The number of aryl methyl sites for hydroxylation is 1. The van der Waals surface area contributed by atoms with Crippen LogP contribution in [-0.4, -0.2) is 50.5 Å². The average Bonchev–Trinajstić information content (AvgIpc) is 3.02. The first-order chi connectivity index (χ1) is 13.1. The quantitative estimate of drug-likeness (QED) is 0.607. The lowest BCUT2D eigenvalue weighted by atomic mass is 10.0. The van der Waals surface area contributed by atoms with E-state index in [0.29, 0.717) is 24.7 Å². The summed E-state index contributed by atoms with van der Waals surface area (Å²) in [7, 11) is 3.28. The molecule has 0 atom stereocenters. The fourth-order valence-electron chi connectivity index (χ4n) is 3.41. The molecule has 142 valence electrons. The summed E-state index contributed by atoms with van der Waals surface area (Å²) in [6.07, 6.45) is 0. The van der Waals surface area contributed by atoms with E-state index in [4.69, 9.17) is 25.8 Å². The second kappa shape index (κ2) is 7.50. The maximum Gasteiger partial charge on any atom is 0.225 e. The van der Waals surface area contributed by atoms with E-state index in [1.54, 1.807) is 25.6 Å². The third kappa shape index (κ3) is 3.31. The molecule has 0 radical (unpaired) electrons. The van der Waals surface area contributed by atoms with E-state index in [0.717, 1.165) is 45.1 Å². The van der Waals surface area contributed by atoms with Crippen molar-refractivity contribution in [1.29, 1.82) is 0 Å². The predicted molar refractivity (Wildman–Crippen MR) is 109 cm³/mol. The Kier molecular flexibility index (Phi) is 5.08. The van der Waals surface area contributed by atoms with Gasteiger partial charge >= 0.3 is 0 Å². The number of ether oxygens (including phenoxy) is 3. The molecule has 0 saturated carbocycles. The molecule has 1 aliphatic heterocycles. The van der Waals surface area contributed by atoms with E-state index in [1.807, 2.05) is 18.2 Å². The van der Waals surface area contributed by atoms with Crippen molar-refractivity contribution in [2.75, 3.05) is 45.4 Å². The van der Waals surface area contributed by atoms with Gasteiger partial charge < -0.3 is 19.1 Å². The van der Waals surface area contributed by atoms with Gasteiger partial charge in [-0.3, -0.25) is 0 Å². The summed E-state index contributed by atoms with van der Waals surface area (Å²) in [6, 6.07) is 5.95. The summed E-state index contributed by atoms with van der Waals surface area (Å²) in [5.41, 5.74) is 2.14. The topological polar surface area (TPSA) is 56.7 Å². The van der Waals surface area contributed by atoms with E-state index in [2.05, 4.69) is 21.8 Å². The van der Waals surface area contributed by atoms with Crippen LogP contribution in [0, 0.1) is 6.92 Å². The molecule has 1 aliphatic rings. The summed E-state index contributed by atoms with van der Waals surface area (Å²) < 4.78 is 16.4. The normalized spacial score (nSPS) is 14.6. The molecule has 8 heteroatoms. The SMILES string of the molecule is COc1ccc(-c2c(C)sc3nc(Cl)nc(N4CCOCC4)c23)cc1OC. The number of benzene rings is 1. The van der Waals surface area contributed by atoms with Crippen LogP contribution in [-0.2, 0) is 4.74 Å². The van der Waals surface area contributed by atoms with Crippen LogP contribution in [0.5, 0.6) is 11.5 Å². The Morgan fingerprint density at radius 3 is 2.56 bits per heavy atom. The number of hydrogen-bond donors (Lipinski definition) is 0. The smallest absolute Gasteiger partial charge is 0.225 e. The zero-order valence-electron chi connectivity index (χ0n) is 15.4. The third-order valence-corrected chi connectivity index (χ3v) is 5.83. The Hall–Kier alpha value is -2.09. The minimum Gasteiger partial charge on any atom is -0.493 e. The molecule has 3 aromatic rings. The van der Waals surface area contributed by atoms with Gasteiger partial charge in [0.05, 0.1) is 32.8 Å². The number of fused-ring (bicyclic) bond motifs is 1. The van der Waals surface area contributed by atoms with Crippen LogP contribution in [0.4, 0.5) is 5.82 Å². The minimum absolute atomic E-state index is 0.268. The fraction of sp³-hybridized carbons (Fsp3) is 0.368. The minimum atomic E-state index is 0.268. The lowest BCUT2D eigenvalue weighted by Crippen LogP contribution is -2.37. The van der Waals surface area contributed by atoms with Gasteiger partial charge in [0.2, 0.25) is 5.28 Å². The predicted octanol–water partition coefficient (Wildman–Crippen LogP) is 4.17. The summed E-state index contributed by atoms with van der Waals surface area (Å²) in [4.78, 5) is 13.3. The zero-order valence-corrected chi connectivity index (χ0v) is 17.0. The lowest BCUT2D eigenvalue weighted by Gasteiger charge is -2.28. The van der Waals surface area contributed by atoms with Crippen LogP contribution in [0.25, 0.3) is 21.3 Å². The molecule has 0 amide bonds. The van der Waals surface area contributed by atoms with Crippen molar-refractivity contribution in [2.45, 2.75) is 6.92 Å². The summed E-state index contributed by atoms with van der Waals surface area (Å²) in [5.74, 6) is 2.25. The number of nitrogens with zero attached hydrogens (tertiary/aromatic N) is 3. The molecule has 0 aliphatic carbocycles. The zero-order chi connectivity index (χ0) is 19.0. The van der Waals surface area contributed by atoms with Gasteiger partial charge in [-0.05, 0) is 36.2 Å². The van der Waals surface area contributed by atoms with Gasteiger partial charge in [-0.25, -0.2) is 4.98 Å². The van der Waals surface area contributed by atoms with Crippen LogP contribution in [0.15, 0.2) is 18.2 Å². The maximum atomic E-state index is 6.23. The Labute approximate surface area is 166 Å². The van der Waals surface area contributed by atoms with Gasteiger partial charge in [0.1, 0.15) is 10.6 Å². The van der Waals surface area contributed by atoms with E-state index in [1.165, 1.54) is 0 Å². The van der Waals surface area contributed by atoms with Gasteiger partial charge in [0, 0.05) is 23.5 Å². The van der Waals surface area contributed by atoms with Crippen LogP contribution in [0.1, 0.15) is 4.88 Å². The highest BCUT2D eigenvalue weighted by molar-refractivity contribution is 7.19. The number of halogens is 1. The summed E-state index contributed by atoms with van der Waals surface area (Å²) >= 11 is 7.85. The molecule has 1 fully saturated rings. The van der Waals surface area contributed by atoms with E-state index in [-0.39, 0.29) is 5.28 Å². The molecule has 1 aromatic carbocycles. The second-order valence-corrected chi connectivity index (χ2v) is 7.74. The molecule has 27 heavy (non-hydrogen) atoms. The lowest BCUT2D eigenvalue weighted by molar-refractivity contribution is 0.122. The largest absolute Gasteiger partial charge is 0.493 e. The first-order valence-corrected chi connectivity index (χ1v) is 9.83. The molecular weight excluding hydrogens is 386 g/mol. The molecule has 6 nitrogen and oxygen atoms in total. The summed E-state index contributed by atoms with van der Waals surface area (Å²) in [5, 5.41) is 1.29. The van der Waals surface area contributed by atoms with E-state index in [9.17, 15) is 0 Å². The molecule has 0 bridgehead atoms. The molecular formula is C19H20ClN3O3S. The number of hydrogen-bond acceptors (Lipinski definition) is 7. The van der Waals surface area contributed by atoms with Crippen molar-refractivity contribution in [3.05, 3.63) is 28.4 Å². The third-order valence-electron chi connectivity index (χ3n) is 4.66. The van der Waals surface area contributed by atoms with Gasteiger partial charge in [0.25, 0.3) is 0 Å². The Morgan fingerprint density at radius 1 is 1.11 bits per heavy atom. The van der Waals surface area contributed by atoms with Gasteiger partial charge in [0.15, 0.2) is 11.5 Å². The van der Waals surface area contributed by atoms with Crippen LogP contribution >= 0.6 is 22.9 Å². The van der Waals surface area contributed by atoms with Crippen LogP contribution in [0.2, 0.25) is 5.28 Å². The molecule has 3 heterocycles. The number of aromatic nitrogens is 2. The van der Waals surface area contributed by atoms with Gasteiger partial charge in [-0.15, -0.1) is 11.3 Å². The first-order valence-electron chi connectivity index (χ1n) is 8.64. The standard InChI is InChI=1S/C19H20ClN3O3S/c1-11-15(12-4-5-13(24-2)14(10-12)25-3)16-17(23-6-8-26-9-7-23)21-19(20)22-18(16)27-11/h4-5,10H,6-9H2,1-3H3. The van der Waals surface area contributed by atoms with Crippen molar-refractivity contribution in [1.82, 2.24) is 9.97 Å². The highest BCUT2D eigenvalue weighted by Gasteiger charge is 2.23. The molecule has 1 saturated heterocycles.